The molecule has 5 aliphatic rings. The molecule has 129 heavy (non-hydrogen) atoms. The molecule has 0 atom stereocenters. The van der Waals surface area contributed by atoms with Gasteiger partial charge in [0.15, 0.2) is 0 Å². The Morgan fingerprint density at radius 3 is 0.512 bits per heavy atom. The number of likely N-dealkylation sites (tertiary alicyclic amines) is 4. The van der Waals surface area contributed by atoms with Crippen molar-refractivity contribution < 1.29 is 0 Å². The minimum absolute atomic E-state index is 0.0268. The fourth-order valence-corrected chi connectivity index (χ4v) is 23.3. The van der Waals surface area contributed by atoms with Gasteiger partial charge in [0, 0.05) is 171 Å². The maximum Gasteiger partial charge on any atom is 0.232 e. The molecule has 0 amide bonds. The summed E-state index contributed by atoms with van der Waals surface area (Å²) in [4.78, 5) is 86.5. The summed E-state index contributed by atoms with van der Waals surface area (Å²) >= 11 is 0. The lowest BCUT2D eigenvalue weighted by molar-refractivity contribution is -0.0135. The molecular formula is C106H203N23. The van der Waals surface area contributed by atoms with Gasteiger partial charge in [-0.05, 0) is 314 Å². The largest absolute Gasteiger partial charge is 0.341 e. The average Bonchev–Trinajstić information content (AvgIpc) is 0.908. The van der Waals surface area contributed by atoms with E-state index < -0.39 is 0 Å². The molecule has 23 heteroatoms. The van der Waals surface area contributed by atoms with Crippen LogP contribution in [0.25, 0.3) is 0 Å². The van der Waals surface area contributed by atoms with Crippen LogP contribution in [0.15, 0.2) is 0 Å². The van der Waals surface area contributed by atoms with Crippen LogP contribution in [0.5, 0.6) is 0 Å². The first-order chi connectivity index (χ1) is 60.6. The highest BCUT2D eigenvalue weighted by molar-refractivity contribution is 5.52. The first-order valence-electron chi connectivity index (χ1n) is 53.5. The van der Waals surface area contributed by atoms with Crippen LogP contribution in [0.2, 0.25) is 0 Å². The third kappa shape index (κ3) is 30.0. The van der Waals surface area contributed by atoms with Crippen LogP contribution < -0.4 is 49.4 Å². The van der Waals surface area contributed by atoms with Crippen LogP contribution in [-0.2, 0) is 0 Å². The van der Waals surface area contributed by atoms with Crippen molar-refractivity contribution in [3.05, 3.63) is 0 Å². The average molecular weight is 1800 g/mol. The van der Waals surface area contributed by atoms with Crippen molar-refractivity contribution in [3.63, 3.8) is 0 Å². The molecule has 0 aliphatic carbocycles. The van der Waals surface area contributed by atoms with Crippen LogP contribution >= 0.6 is 0 Å². The minimum Gasteiger partial charge on any atom is -0.341 e. The Balaban J connectivity index is 1.23. The SMILES string of the molecule is CCCCN(CCCC)c1nc(N(CCCC)CCCC)nc(N(CCCCCCN(c2nc(N(CCCC)C3CC(C)(C)NC(C)(C)C3)nc(N(CCCCCCN(c3nc(N(CCCC)CCCC)nc(N(CCCC)CCCC)n3)C3CC(C)(C)N(C)C(C)(C)C3)C3CC(C)(C)N(C)C(C)(C)C3)n2)C2CC(C)(C)N(C)C(C)(C)C2)C2CC(C)(C)N(C)C(C)(C)C2)n1. The van der Waals surface area contributed by atoms with E-state index in [4.69, 9.17) is 44.9 Å². The second-order valence-electron chi connectivity index (χ2n) is 47.6. The van der Waals surface area contributed by atoms with Gasteiger partial charge in [-0.2, -0.15) is 44.9 Å². The van der Waals surface area contributed by atoms with Crippen molar-refractivity contribution in [2.45, 2.75) is 518 Å². The molecule has 8 rings (SSSR count). The zero-order chi connectivity index (χ0) is 95.3. The highest BCUT2D eigenvalue weighted by atomic mass is 15.5. The molecule has 0 spiro atoms. The Bertz CT molecular complexity index is 3350. The number of unbranched alkanes of at least 4 members (excludes halogenated alkanes) is 15. The van der Waals surface area contributed by atoms with Crippen LogP contribution in [0.4, 0.5) is 53.5 Å². The van der Waals surface area contributed by atoms with E-state index in [1.807, 2.05) is 0 Å². The Hall–Kier alpha value is -4.97. The summed E-state index contributed by atoms with van der Waals surface area (Å²) in [7, 11) is 9.44. The molecule has 3 aromatic rings. The number of nitrogens with one attached hydrogen (secondary N) is 1. The Morgan fingerprint density at radius 2 is 0.341 bits per heavy atom. The van der Waals surface area contributed by atoms with Crippen molar-refractivity contribution in [3.8, 4) is 0 Å². The van der Waals surface area contributed by atoms with Gasteiger partial charge < -0.3 is 49.4 Å². The molecule has 0 bridgehead atoms. The summed E-state index contributed by atoms with van der Waals surface area (Å²) in [6.07, 6.45) is 38.7. The maximum absolute atomic E-state index is 6.18. The van der Waals surface area contributed by atoms with E-state index in [-0.39, 0.29) is 85.6 Å². The third-order valence-corrected chi connectivity index (χ3v) is 31.8. The van der Waals surface area contributed by atoms with Gasteiger partial charge in [-0.3, -0.25) is 19.6 Å². The first-order valence-corrected chi connectivity index (χ1v) is 53.5. The van der Waals surface area contributed by atoms with Crippen LogP contribution in [0, 0.1) is 0 Å². The zero-order valence-corrected chi connectivity index (χ0v) is 90.4. The van der Waals surface area contributed by atoms with E-state index in [1.54, 1.807) is 0 Å². The Morgan fingerprint density at radius 1 is 0.202 bits per heavy atom. The summed E-state index contributed by atoms with van der Waals surface area (Å²) in [5.41, 5.74) is -0.605. The van der Waals surface area contributed by atoms with E-state index in [0.29, 0.717) is 0 Å². The topological polar surface area (TPSA) is 170 Å². The van der Waals surface area contributed by atoms with E-state index in [2.05, 4.69) is 298 Å². The van der Waals surface area contributed by atoms with Gasteiger partial charge in [-0.25, -0.2) is 0 Å². The van der Waals surface area contributed by atoms with Gasteiger partial charge in [-0.15, -0.1) is 0 Å². The normalized spacial score (nSPS) is 20.7. The summed E-state index contributed by atoms with van der Waals surface area (Å²) in [5.74, 6) is 7.78. The molecule has 0 aromatic carbocycles. The fourth-order valence-electron chi connectivity index (χ4n) is 23.3. The predicted molar refractivity (Wildman–Crippen MR) is 556 cm³/mol. The standard InChI is InChI=1S/C106H203N23/c1-34-43-60-121(61-44-35-2)88-107-89(122(62-45-36-3)63-46-37-4)110-92(109-88)126(84-75-99(14,15)117(30)100(16,17)76-84)69-56-52-54-58-71-128(86-79-103(22,23)119(32)104(24,25)80-86)95-113-94(125(68-51-42-9)83-73-97(10,11)116-98(12,13)74-83)114-96(115-95)129(87-81-105(26,27)120(33)106(28,29)82-87)72-59-55-53-57-70-127(85-77-101(18,19)118(31)102(20,21)78-85)93-111-90(123(64-47-38-5)65-48-39-6)108-91(112-93)124(66-49-40-7)67-50-41-8/h83-87,116H,34-82H2,1-33H3. The lowest BCUT2D eigenvalue weighted by Gasteiger charge is -2.56. The molecule has 5 aliphatic heterocycles. The quantitative estimate of drug-likeness (QED) is 0.0529. The number of hydrogen-bond donors (Lipinski definition) is 1. The summed E-state index contributed by atoms with van der Waals surface area (Å²) < 4.78 is 0. The maximum atomic E-state index is 6.18. The molecule has 5 fully saturated rings. The second kappa shape index (κ2) is 48.2. The molecule has 8 heterocycles. The molecule has 0 radical (unpaired) electrons. The number of nitrogens with zero attached hydrogens (tertiary/aromatic N) is 22. The minimum atomic E-state index is -0.0892. The molecular weight excluding hydrogens is 1600 g/mol. The van der Waals surface area contributed by atoms with E-state index in [9.17, 15) is 0 Å². The second-order valence-corrected chi connectivity index (χ2v) is 47.6. The molecule has 0 unspecified atom stereocenters. The lowest BCUT2D eigenvalue weighted by atomic mass is 9.77. The van der Waals surface area contributed by atoms with Gasteiger partial charge >= 0.3 is 0 Å². The number of rotatable bonds is 55. The molecule has 0 saturated carbocycles. The van der Waals surface area contributed by atoms with Crippen LogP contribution in [0.3, 0.4) is 0 Å². The van der Waals surface area contributed by atoms with E-state index >= 15 is 0 Å². The molecule has 742 valence electrons. The van der Waals surface area contributed by atoms with Gasteiger partial charge in [0.25, 0.3) is 0 Å². The van der Waals surface area contributed by atoms with Gasteiger partial charge in [0.2, 0.25) is 53.5 Å². The van der Waals surface area contributed by atoms with Crippen molar-refractivity contribution >= 4 is 53.5 Å². The third-order valence-electron chi connectivity index (χ3n) is 31.8. The fraction of sp³-hybridized carbons (Fsp3) is 0.915. The van der Waals surface area contributed by atoms with Crippen LogP contribution in [-0.4, -0.2) is 263 Å². The Kier molecular flexibility index (Phi) is 40.8. The van der Waals surface area contributed by atoms with Crippen molar-refractivity contribution in [1.82, 2.24) is 69.8 Å². The van der Waals surface area contributed by atoms with E-state index in [0.717, 1.165) is 370 Å². The highest BCUT2D eigenvalue weighted by Gasteiger charge is 2.51. The summed E-state index contributed by atoms with van der Waals surface area (Å²) in [6, 6.07) is 1.11. The first kappa shape index (κ1) is 109. The number of hydrogen-bond acceptors (Lipinski definition) is 23. The zero-order valence-electron chi connectivity index (χ0n) is 90.4. The van der Waals surface area contributed by atoms with Gasteiger partial charge in [0.1, 0.15) is 0 Å². The lowest BCUT2D eigenvalue weighted by Crippen LogP contribution is -2.63. The Labute approximate surface area is 793 Å². The van der Waals surface area contributed by atoms with Gasteiger partial charge in [-0.1, -0.05) is 146 Å². The van der Waals surface area contributed by atoms with Crippen molar-refractivity contribution in [1.29, 1.82) is 0 Å². The van der Waals surface area contributed by atoms with E-state index in [1.165, 1.54) is 0 Å². The molecule has 3 aromatic heterocycles. The van der Waals surface area contributed by atoms with Crippen molar-refractivity contribution in [2.75, 3.05) is 157 Å². The van der Waals surface area contributed by atoms with Crippen molar-refractivity contribution in [2.24, 2.45) is 0 Å². The number of aromatic nitrogens is 9. The van der Waals surface area contributed by atoms with Gasteiger partial charge in [0.05, 0.1) is 0 Å². The molecule has 5 saturated heterocycles. The number of piperidine rings is 5. The smallest absolute Gasteiger partial charge is 0.232 e. The molecule has 23 nitrogen and oxygen atoms in total. The molecule has 1 N–H and O–H groups in total. The highest BCUT2D eigenvalue weighted by Crippen LogP contribution is 2.47. The monoisotopic (exact) mass is 1800 g/mol. The summed E-state index contributed by atoms with van der Waals surface area (Å²) in [5, 5.41) is 4.10. The number of anilines is 9. The summed E-state index contributed by atoms with van der Waals surface area (Å²) in [6.45, 7) is 82.1. The van der Waals surface area contributed by atoms with Crippen LogP contribution in [0.1, 0.15) is 432 Å². The predicted octanol–water partition coefficient (Wildman–Crippen LogP) is 23.1.